The van der Waals surface area contributed by atoms with E-state index in [0.29, 0.717) is 12.8 Å². The monoisotopic (exact) mass is 273 g/mol. The fourth-order valence-corrected chi connectivity index (χ4v) is 2.04. The highest BCUT2D eigenvalue weighted by molar-refractivity contribution is 5.94. The number of carbonyl (C=O) groups is 1. The van der Waals surface area contributed by atoms with E-state index < -0.39 is 23.8 Å². The van der Waals surface area contributed by atoms with Gasteiger partial charge in [0, 0.05) is 11.6 Å². The second-order valence-electron chi connectivity index (χ2n) is 4.82. The van der Waals surface area contributed by atoms with E-state index in [4.69, 9.17) is 5.11 Å². The van der Waals surface area contributed by atoms with E-state index in [1.807, 2.05) is 0 Å². The highest BCUT2D eigenvalue weighted by Crippen LogP contribution is 2.32. The van der Waals surface area contributed by atoms with Gasteiger partial charge in [-0.3, -0.25) is 4.79 Å². The van der Waals surface area contributed by atoms with Gasteiger partial charge in [0.1, 0.15) is 0 Å². The molecular weight excluding hydrogens is 259 g/mol. The fraction of sp³-hybridized carbons (Fsp3) is 0.462. The summed E-state index contributed by atoms with van der Waals surface area (Å²) in [5.74, 6) is -0.539. The number of aliphatic hydroxyl groups excluding tert-OH is 1. The van der Waals surface area contributed by atoms with Crippen molar-refractivity contribution in [3.8, 4) is 0 Å². The maximum Gasteiger partial charge on any atom is 0.416 e. The van der Waals surface area contributed by atoms with Gasteiger partial charge >= 0.3 is 6.18 Å². The second-order valence-corrected chi connectivity index (χ2v) is 4.82. The van der Waals surface area contributed by atoms with Crippen molar-refractivity contribution in [3.05, 3.63) is 34.9 Å². The molecule has 1 aromatic carbocycles. The molecule has 1 aliphatic rings. The van der Waals surface area contributed by atoms with Crippen molar-refractivity contribution < 1.29 is 23.1 Å². The molecule has 0 aromatic heterocycles. The lowest BCUT2D eigenvalue weighted by Crippen LogP contribution is -2.46. The van der Waals surface area contributed by atoms with E-state index in [1.54, 1.807) is 0 Å². The number of aliphatic hydroxyl groups is 1. The summed E-state index contributed by atoms with van der Waals surface area (Å²) in [5.41, 5.74) is -0.726. The fourth-order valence-electron chi connectivity index (χ4n) is 2.04. The van der Waals surface area contributed by atoms with Gasteiger partial charge in [-0.25, -0.2) is 0 Å². The first-order chi connectivity index (χ1) is 8.77. The molecule has 1 fully saturated rings. The number of halogens is 3. The standard InChI is InChI=1S/C13H14F3NO2/c1-7-2-3-8(4-11(7)13(14,15)16)12(19)17-9-5-10(18)6-9/h2-4,9-10,18H,5-6H2,1H3,(H,17,19). The largest absolute Gasteiger partial charge is 0.416 e. The van der Waals surface area contributed by atoms with Gasteiger partial charge in [0.15, 0.2) is 0 Å². The minimum atomic E-state index is -4.47. The molecule has 1 aromatic rings. The van der Waals surface area contributed by atoms with Gasteiger partial charge in [-0.1, -0.05) is 6.07 Å². The molecule has 6 heteroatoms. The topological polar surface area (TPSA) is 49.3 Å². The van der Waals surface area contributed by atoms with Crippen molar-refractivity contribution in [3.63, 3.8) is 0 Å². The Labute approximate surface area is 108 Å². The number of hydrogen-bond acceptors (Lipinski definition) is 2. The van der Waals surface area contributed by atoms with Crippen LogP contribution in [0.3, 0.4) is 0 Å². The lowest BCUT2D eigenvalue weighted by Gasteiger charge is -2.32. The minimum Gasteiger partial charge on any atom is -0.393 e. The molecule has 0 aliphatic heterocycles. The van der Waals surface area contributed by atoms with Crippen LogP contribution in [0, 0.1) is 6.92 Å². The van der Waals surface area contributed by atoms with Crippen LogP contribution in [0.25, 0.3) is 0 Å². The molecule has 1 aliphatic carbocycles. The predicted molar refractivity (Wildman–Crippen MR) is 62.7 cm³/mol. The SMILES string of the molecule is Cc1ccc(C(=O)NC2CC(O)C2)cc1C(F)(F)F. The normalized spacial score (nSPS) is 22.8. The molecule has 19 heavy (non-hydrogen) atoms. The quantitative estimate of drug-likeness (QED) is 0.868. The van der Waals surface area contributed by atoms with E-state index >= 15 is 0 Å². The zero-order valence-electron chi connectivity index (χ0n) is 10.3. The third-order valence-electron chi connectivity index (χ3n) is 3.25. The molecular formula is C13H14F3NO2. The zero-order chi connectivity index (χ0) is 14.2. The summed E-state index contributed by atoms with van der Waals surface area (Å²) in [6, 6.07) is 3.36. The minimum absolute atomic E-state index is 0.0145. The molecule has 3 nitrogen and oxygen atoms in total. The third-order valence-corrected chi connectivity index (χ3v) is 3.25. The van der Waals surface area contributed by atoms with Gasteiger partial charge in [-0.05, 0) is 37.5 Å². The van der Waals surface area contributed by atoms with Crippen molar-refractivity contribution in [2.75, 3.05) is 0 Å². The van der Waals surface area contributed by atoms with Crippen LogP contribution >= 0.6 is 0 Å². The van der Waals surface area contributed by atoms with Gasteiger partial charge in [-0.2, -0.15) is 13.2 Å². The first kappa shape index (κ1) is 13.9. The Kier molecular flexibility index (Phi) is 3.54. The maximum atomic E-state index is 12.7. The summed E-state index contributed by atoms with van der Waals surface area (Å²) < 4.78 is 38.2. The zero-order valence-corrected chi connectivity index (χ0v) is 10.3. The maximum absolute atomic E-state index is 12.7. The number of hydrogen-bond donors (Lipinski definition) is 2. The molecule has 0 unspecified atom stereocenters. The van der Waals surface area contributed by atoms with Crippen molar-refractivity contribution >= 4 is 5.91 Å². The van der Waals surface area contributed by atoms with Crippen LogP contribution in [0.5, 0.6) is 0 Å². The summed E-state index contributed by atoms with van der Waals surface area (Å²) in [4.78, 5) is 11.8. The van der Waals surface area contributed by atoms with Gasteiger partial charge in [0.2, 0.25) is 0 Å². The smallest absolute Gasteiger partial charge is 0.393 e. The average molecular weight is 273 g/mol. The molecule has 2 N–H and O–H groups in total. The van der Waals surface area contributed by atoms with Crippen LogP contribution in [-0.4, -0.2) is 23.2 Å². The lowest BCUT2D eigenvalue weighted by molar-refractivity contribution is -0.138. The molecule has 0 saturated heterocycles. The average Bonchev–Trinajstić information content (AvgIpc) is 2.25. The van der Waals surface area contributed by atoms with Crippen molar-refractivity contribution in [1.82, 2.24) is 5.32 Å². The Balaban J connectivity index is 2.14. The Morgan fingerprint density at radius 1 is 1.37 bits per heavy atom. The molecule has 0 radical (unpaired) electrons. The Bertz CT molecular complexity index is 493. The van der Waals surface area contributed by atoms with E-state index in [2.05, 4.69) is 5.32 Å². The molecule has 1 amide bonds. The van der Waals surface area contributed by atoms with E-state index in [0.717, 1.165) is 6.07 Å². The van der Waals surface area contributed by atoms with Crippen molar-refractivity contribution in [1.29, 1.82) is 0 Å². The molecule has 0 atom stereocenters. The van der Waals surface area contributed by atoms with Gasteiger partial charge in [0.25, 0.3) is 5.91 Å². The number of nitrogens with one attached hydrogen (secondary N) is 1. The van der Waals surface area contributed by atoms with Crippen molar-refractivity contribution in [2.45, 2.75) is 38.1 Å². The summed E-state index contributed by atoms with van der Waals surface area (Å²) in [7, 11) is 0. The Hall–Kier alpha value is -1.56. The van der Waals surface area contributed by atoms with Crippen LogP contribution in [0.1, 0.15) is 34.3 Å². The molecule has 0 spiro atoms. The highest BCUT2D eigenvalue weighted by Gasteiger charge is 2.33. The van der Waals surface area contributed by atoms with Crippen molar-refractivity contribution in [2.24, 2.45) is 0 Å². The molecule has 0 heterocycles. The van der Waals surface area contributed by atoms with Crippen LogP contribution in [-0.2, 0) is 6.18 Å². The Morgan fingerprint density at radius 3 is 2.53 bits per heavy atom. The first-order valence-electron chi connectivity index (χ1n) is 5.94. The molecule has 0 bridgehead atoms. The number of amides is 1. The lowest BCUT2D eigenvalue weighted by atomic mass is 9.89. The number of alkyl halides is 3. The van der Waals surface area contributed by atoms with Crippen LogP contribution < -0.4 is 5.32 Å². The summed E-state index contributed by atoms with van der Waals surface area (Å²) in [5, 5.41) is 11.7. The summed E-state index contributed by atoms with van der Waals surface area (Å²) in [6.45, 7) is 1.35. The molecule has 1 saturated carbocycles. The molecule has 104 valence electrons. The number of benzene rings is 1. The van der Waals surface area contributed by atoms with E-state index in [9.17, 15) is 18.0 Å². The number of rotatable bonds is 2. The Morgan fingerprint density at radius 2 is 2.00 bits per heavy atom. The number of aryl methyl sites for hydroxylation is 1. The summed E-state index contributed by atoms with van der Waals surface area (Å²) in [6.07, 6.45) is -3.99. The van der Waals surface area contributed by atoms with E-state index in [-0.39, 0.29) is 17.2 Å². The first-order valence-corrected chi connectivity index (χ1v) is 5.94. The second kappa shape index (κ2) is 4.85. The predicted octanol–water partition coefficient (Wildman–Crippen LogP) is 2.27. The van der Waals surface area contributed by atoms with E-state index in [1.165, 1.54) is 19.1 Å². The van der Waals surface area contributed by atoms with Crippen LogP contribution in [0.2, 0.25) is 0 Å². The third kappa shape index (κ3) is 3.07. The van der Waals surface area contributed by atoms with Crippen LogP contribution in [0.15, 0.2) is 18.2 Å². The van der Waals surface area contributed by atoms with Gasteiger partial charge < -0.3 is 10.4 Å². The van der Waals surface area contributed by atoms with Crippen LogP contribution in [0.4, 0.5) is 13.2 Å². The summed E-state index contributed by atoms with van der Waals surface area (Å²) >= 11 is 0. The molecule has 2 rings (SSSR count). The van der Waals surface area contributed by atoms with Gasteiger partial charge in [-0.15, -0.1) is 0 Å². The van der Waals surface area contributed by atoms with Gasteiger partial charge in [0.05, 0.1) is 11.7 Å². The number of carbonyl (C=O) groups excluding carboxylic acids is 1. The highest BCUT2D eigenvalue weighted by atomic mass is 19.4.